The van der Waals surface area contributed by atoms with Crippen LogP contribution < -0.4 is 0 Å². The van der Waals surface area contributed by atoms with E-state index in [-0.39, 0.29) is 0 Å². The molecule has 0 saturated carbocycles. The van der Waals surface area contributed by atoms with Gasteiger partial charge in [-0.1, -0.05) is 5.11 Å². The van der Waals surface area contributed by atoms with E-state index < -0.39 is 22.6 Å². The molecule has 1 unspecified atom stereocenters. The molecule has 0 spiro atoms. The fourth-order valence-corrected chi connectivity index (χ4v) is 0.627. The van der Waals surface area contributed by atoms with Gasteiger partial charge in [0.15, 0.2) is 0 Å². The molecule has 72 valence electrons. The molecule has 11 heteroatoms. The van der Waals surface area contributed by atoms with E-state index in [0.29, 0.717) is 0 Å². The molecule has 14 heavy (non-hydrogen) atoms. The van der Waals surface area contributed by atoms with Crippen LogP contribution in [0.2, 0.25) is 0 Å². The van der Waals surface area contributed by atoms with E-state index in [0.717, 1.165) is 0 Å². The molecule has 11 nitrogen and oxygen atoms in total. The molecule has 0 aromatic rings. The van der Waals surface area contributed by atoms with Crippen molar-refractivity contribution in [2.45, 2.75) is 5.79 Å². The van der Waals surface area contributed by atoms with Gasteiger partial charge in [0, 0.05) is 4.91 Å². The van der Waals surface area contributed by atoms with Crippen LogP contribution >= 0.6 is 0 Å². The standard InChI is InChI=1S/C3HN7O4/c4-9-7-2-5-3(1(11)12,8-6-2)10(13)14/h(H,11,12). The van der Waals surface area contributed by atoms with Crippen molar-refractivity contribution < 1.29 is 14.8 Å². The van der Waals surface area contributed by atoms with Gasteiger partial charge < -0.3 is 5.11 Å². The largest absolute Gasteiger partial charge is 0.528 e. The summed E-state index contributed by atoms with van der Waals surface area (Å²) in [5.74, 6) is -5.51. The van der Waals surface area contributed by atoms with Crippen molar-refractivity contribution in [2.24, 2.45) is 20.3 Å². The van der Waals surface area contributed by atoms with Gasteiger partial charge in [-0.15, -0.1) is 5.11 Å². The number of aliphatic carboxylic acids is 1. The second kappa shape index (κ2) is 3.06. The highest BCUT2D eigenvalue weighted by Crippen LogP contribution is 2.21. The molecule has 0 aromatic carbocycles. The lowest BCUT2D eigenvalue weighted by molar-refractivity contribution is -0.551. The molecule has 1 aliphatic rings. The molecule has 1 aliphatic heterocycles. The number of carbonyl (C=O) groups is 1. The van der Waals surface area contributed by atoms with Crippen LogP contribution in [-0.2, 0) is 4.79 Å². The summed E-state index contributed by atoms with van der Waals surface area (Å²) in [6.45, 7) is 0. The van der Waals surface area contributed by atoms with Crippen LogP contribution in [0.15, 0.2) is 20.3 Å². The third-order valence-electron chi connectivity index (χ3n) is 1.21. The van der Waals surface area contributed by atoms with E-state index in [1.165, 1.54) is 0 Å². The first-order chi connectivity index (χ1) is 6.53. The van der Waals surface area contributed by atoms with Gasteiger partial charge in [0.1, 0.15) is 0 Å². The molecule has 0 bridgehead atoms. The van der Waals surface area contributed by atoms with Crippen LogP contribution in [0, 0.1) is 10.1 Å². The van der Waals surface area contributed by atoms with Crippen molar-refractivity contribution in [3.63, 3.8) is 0 Å². The quantitative estimate of drug-likeness (QED) is 0.219. The number of carboxylic acid groups (broad SMARTS) is 1. The predicted octanol–water partition coefficient (Wildman–Crippen LogP) is 0.134. The van der Waals surface area contributed by atoms with E-state index in [4.69, 9.17) is 10.6 Å². The first-order valence-electron chi connectivity index (χ1n) is 2.98. The second-order valence-corrected chi connectivity index (χ2v) is 2.00. The number of nitrogens with zero attached hydrogens (tertiary/aromatic N) is 7. The van der Waals surface area contributed by atoms with E-state index >= 15 is 0 Å². The van der Waals surface area contributed by atoms with Crippen LogP contribution in [-0.4, -0.2) is 27.7 Å². The smallest absolute Gasteiger partial charge is 0.473 e. The van der Waals surface area contributed by atoms with Crippen molar-refractivity contribution in [1.29, 1.82) is 0 Å². The molecule has 0 amide bonds. The minimum atomic E-state index is -2.91. The highest BCUT2D eigenvalue weighted by atomic mass is 16.6. The highest BCUT2D eigenvalue weighted by molar-refractivity contribution is 5.88. The zero-order valence-electron chi connectivity index (χ0n) is 6.30. The molecular weight excluding hydrogens is 198 g/mol. The third kappa shape index (κ3) is 1.23. The molecule has 0 radical (unpaired) electrons. The Balaban J connectivity index is 3.20. The number of azide groups is 1. The maximum Gasteiger partial charge on any atom is 0.528 e. The van der Waals surface area contributed by atoms with Crippen LogP contribution in [0.1, 0.15) is 0 Å². The zero-order valence-corrected chi connectivity index (χ0v) is 6.30. The van der Waals surface area contributed by atoms with Crippen LogP contribution in [0.25, 0.3) is 10.4 Å². The first kappa shape index (κ1) is 9.54. The summed E-state index contributed by atoms with van der Waals surface area (Å²) in [5, 5.41) is 27.4. The topological polar surface area (TPSA) is 166 Å². The van der Waals surface area contributed by atoms with E-state index in [2.05, 4.69) is 25.2 Å². The predicted molar refractivity (Wildman–Crippen MR) is 38.8 cm³/mol. The number of hydrogen-bond donors (Lipinski definition) is 1. The van der Waals surface area contributed by atoms with E-state index in [1.54, 1.807) is 0 Å². The summed E-state index contributed by atoms with van der Waals surface area (Å²) < 4.78 is 0. The number of hydrogen-bond acceptors (Lipinski definition) is 7. The molecule has 1 heterocycles. The first-order valence-corrected chi connectivity index (χ1v) is 2.98. The average molecular weight is 199 g/mol. The van der Waals surface area contributed by atoms with Gasteiger partial charge in [0.05, 0.1) is 4.92 Å². The summed E-state index contributed by atoms with van der Waals surface area (Å²) >= 11 is 0. The van der Waals surface area contributed by atoms with Gasteiger partial charge in [-0.2, -0.15) is 4.99 Å². The zero-order chi connectivity index (χ0) is 10.8. The molecule has 0 aromatic heterocycles. The normalized spacial score (nSPS) is 23.9. The summed E-state index contributed by atoms with van der Waals surface area (Å²) in [5.41, 5.74) is 7.93. The van der Waals surface area contributed by atoms with Crippen molar-refractivity contribution in [2.75, 3.05) is 0 Å². The average Bonchev–Trinajstić information content (AvgIpc) is 2.50. The molecule has 1 atom stereocenters. The number of rotatable bonds is 2. The SMILES string of the molecule is [N-]=[N+]=NC1=NC(C(=O)O)([N+](=O)[O-])N=N1. The molecule has 0 saturated heterocycles. The number of azo groups is 1. The van der Waals surface area contributed by atoms with Crippen LogP contribution in [0.4, 0.5) is 0 Å². The Morgan fingerprint density at radius 1 is 1.79 bits per heavy atom. The fraction of sp³-hybridized carbons (Fsp3) is 0.333. The molecular formula is C3HN7O4. The monoisotopic (exact) mass is 199 g/mol. The van der Waals surface area contributed by atoms with Gasteiger partial charge in [0.2, 0.25) is 5.96 Å². The Morgan fingerprint density at radius 2 is 2.43 bits per heavy atom. The van der Waals surface area contributed by atoms with Gasteiger partial charge in [-0.3, -0.25) is 10.1 Å². The number of aliphatic imine (C=N–C) groups is 1. The van der Waals surface area contributed by atoms with E-state index in [9.17, 15) is 14.9 Å². The fourth-order valence-electron chi connectivity index (χ4n) is 0.627. The molecule has 0 fully saturated rings. The third-order valence-corrected chi connectivity index (χ3v) is 1.21. The van der Waals surface area contributed by atoms with E-state index in [1.807, 2.05) is 0 Å². The van der Waals surface area contributed by atoms with Crippen molar-refractivity contribution >= 4 is 11.9 Å². The highest BCUT2D eigenvalue weighted by Gasteiger charge is 2.56. The number of nitro groups is 1. The molecule has 0 aliphatic carbocycles. The van der Waals surface area contributed by atoms with Crippen LogP contribution in [0.5, 0.6) is 0 Å². The Kier molecular flexibility index (Phi) is 2.09. The Bertz CT molecular complexity index is 389. The van der Waals surface area contributed by atoms with Gasteiger partial charge in [-0.25, -0.2) is 4.79 Å². The summed E-state index contributed by atoms with van der Waals surface area (Å²) in [6, 6.07) is 0. The van der Waals surface area contributed by atoms with Gasteiger partial charge in [0.25, 0.3) is 0 Å². The van der Waals surface area contributed by atoms with Gasteiger partial charge >= 0.3 is 11.8 Å². The minimum Gasteiger partial charge on any atom is -0.473 e. The number of carboxylic acids is 1. The lowest BCUT2D eigenvalue weighted by Crippen LogP contribution is -2.41. The number of guanidine groups is 1. The lowest BCUT2D eigenvalue weighted by Gasteiger charge is -2.04. The molecule has 1 N–H and O–H groups in total. The minimum absolute atomic E-state index is 0.688. The Morgan fingerprint density at radius 3 is 2.79 bits per heavy atom. The maximum atomic E-state index is 10.5. The lowest BCUT2D eigenvalue weighted by atomic mass is 10.4. The van der Waals surface area contributed by atoms with Crippen molar-refractivity contribution in [3.8, 4) is 0 Å². The second-order valence-electron chi connectivity index (χ2n) is 2.00. The Labute approximate surface area is 74.5 Å². The van der Waals surface area contributed by atoms with Gasteiger partial charge in [-0.05, 0) is 10.6 Å². The summed E-state index contributed by atoms with van der Waals surface area (Å²) in [7, 11) is 0. The van der Waals surface area contributed by atoms with Crippen molar-refractivity contribution in [1.82, 2.24) is 0 Å². The Hall–Kier alpha value is -2.55. The summed E-state index contributed by atoms with van der Waals surface area (Å²) in [6.07, 6.45) is 0. The van der Waals surface area contributed by atoms with Crippen LogP contribution in [0.3, 0.4) is 0 Å². The van der Waals surface area contributed by atoms with Crippen molar-refractivity contribution in [3.05, 3.63) is 20.6 Å². The molecule has 1 rings (SSSR count). The summed E-state index contributed by atoms with van der Waals surface area (Å²) in [4.78, 5) is 24.8. The maximum absolute atomic E-state index is 10.5.